The predicted octanol–water partition coefficient (Wildman–Crippen LogP) is 4.19. The summed E-state index contributed by atoms with van der Waals surface area (Å²) in [4.78, 5) is 16.9. The van der Waals surface area contributed by atoms with Crippen molar-refractivity contribution in [3.8, 4) is 6.07 Å². The van der Waals surface area contributed by atoms with E-state index in [-0.39, 0.29) is 11.5 Å². The summed E-state index contributed by atoms with van der Waals surface area (Å²) in [6, 6.07) is 16.2. The van der Waals surface area contributed by atoms with Crippen LogP contribution in [0.5, 0.6) is 0 Å². The molecule has 1 amide bonds. The number of carbonyl (C=O) groups excluding carboxylic acids is 1. The van der Waals surface area contributed by atoms with Crippen molar-refractivity contribution in [2.24, 2.45) is 0 Å². The highest BCUT2D eigenvalue weighted by molar-refractivity contribution is 14.1. The second kappa shape index (κ2) is 9.60. The monoisotopic (exact) mass is 598 g/mol. The molecule has 0 bridgehead atoms. The molecule has 0 aromatic heterocycles. The van der Waals surface area contributed by atoms with Gasteiger partial charge >= 0.3 is 0 Å². The highest BCUT2D eigenvalue weighted by Gasteiger charge is 2.24. The maximum absolute atomic E-state index is 12.9. The standard InChI is InChI=1S/C21H20I2N4O/c1-25-20-18(22)12-15(13-19(20)23)11-16(14-24)21(28)27-9-7-26(8-10-27)17-5-3-2-4-6-17/h2-6,11-13,25H,7-10H2,1H3/b16-11-. The molecule has 7 heteroatoms. The molecule has 1 aliphatic heterocycles. The maximum atomic E-state index is 12.9. The van der Waals surface area contributed by atoms with E-state index in [1.54, 1.807) is 11.0 Å². The van der Waals surface area contributed by atoms with E-state index in [0.29, 0.717) is 13.1 Å². The third-order valence-electron chi connectivity index (χ3n) is 4.66. The van der Waals surface area contributed by atoms with Crippen LogP contribution in [-0.4, -0.2) is 44.0 Å². The number of benzene rings is 2. The average Bonchev–Trinajstić information content (AvgIpc) is 2.72. The van der Waals surface area contributed by atoms with E-state index in [9.17, 15) is 10.1 Å². The molecule has 3 rings (SSSR count). The molecular weight excluding hydrogens is 578 g/mol. The van der Waals surface area contributed by atoms with Gasteiger partial charge in [-0.3, -0.25) is 4.79 Å². The average molecular weight is 598 g/mol. The minimum absolute atomic E-state index is 0.178. The molecule has 0 radical (unpaired) electrons. The van der Waals surface area contributed by atoms with Crippen molar-refractivity contribution < 1.29 is 4.79 Å². The van der Waals surface area contributed by atoms with E-state index in [1.807, 2.05) is 37.4 Å². The van der Waals surface area contributed by atoms with Gasteiger partial charge in [-0.05, 0) is 81.1 Å². The number of para-hydroxylation sites is 1. The lowest BCUT2D eigenvalue weighted by molar-refractivity contribution is -0.126. The third-order valence-corrected chi connectivity index (χ3v) is 6.37. The lowest BCUT2D eigenvalue weighted by Crippen LogP contribution is -2.49. The van der Waals surface area contributed by atoms with Crippen LogP contribution < -0.4 is 10.2 Å². The zero-order valence-electron chi connectivity index (χ0n) is 15.5. The lowest BCUT2D eigenvalue weighted by Gasteiger charge is -2.36. The van der Waals surface area contributed by atoms with Gasteiger partial charge in [-0.25, -0.2) is 0 Å². The van der Waals surface area contributed by atoms with Crippen LogP contribution in [0.1, 0.15) is 5.56 Å². The molecular formula is C21H20I2N4O. The van der Waals surface area contributed by atoms with Crippen LogP contribution in [0.2, 0.25) is 0 Å². The van der Waals surface area contributed by atoms with E-state index >= 15 is 0 Å². The Balaban J connectivity index is 1.73. The zero-order valence-corrected chi connectivity index (χ0v) is 19.8. The molecule has 144 valence electrons. The Morgan fingerprint density at radius 1 is 1.11 bits per heavy atom. The number of piperazine rings is 1. The minimum Gasteiger partial charge on any atom is -0.386 e. The molecule has 5 nitrogen and oxygen atoms in total. The number of nitrogens with one attached hydrogen (secondary N) is 1. The summed E-state index contributed by atoms with van der Waals surface area (Å²) in [5.41, 5.74) is 3.26. The van der Waals surface area contributed by atoms with Gasteiger partial charge in [-0.15, -0.1) is 0 Å². The van der Waals surface area contributed by atoms with Crippen molar-refractivity contribution in [3.63, 3.8) is 0 Å². The quantitative estimate of drug-likeness (QED) is 0.326. The Bertz CT molecular complexity index is 906. The van der Waals surface area contributed by atoms with Gasteiger partial charge in [0.15, 0.2) is 0 Å². The van der Waals surface area contributed by atoms with Gasteiger partial charge in [0.05, 0.1) is 5.69 Å². The summed E-state index contributed by atoms with van der Waals surface area (Å²) >= 11 is 4.52. The number of hydrogen-bond donors (Lipinski definition) is 1. The second-order valence-electron chi connectivity index (χ2n) is 6.39. The van der Waals surface area contributed by atoms with Crippen molar-refractivity contribution in [1.82, 2.24) is 4.90 Å². The normalized spacial score (nSPS) is 14.6. The molecule has 1 aliphatic rings. The summed E-state index contributed by atoms with van der Waals surface area (Å²) in [6.07, 6.45) is 1.69. The topological polar surface area (TPSA) is 59.4 Å². The molecule has 2 aromatic carbocycles. The van der Waals surface area contributed by atoms with Crippen LogP contribution in [0.3, 0.4) is 0 Å². The number of anilines is 2. The van der Waals surface area contributed by atoms with Crippen molar-refractivity contribution in [1.29, 1.82) is 5.26 Å². The minimum atomic E-state index is -0.196. The zero-order chi connectivity index (χ0) is 20.1. The summed E-state index contributed by atoms with van der Waals surface area (Å²) in [5.74, 6) is -0.196. The van der Waals surface area contributed by atoms with E-state index in [0.717, 1.165) is 31.5 Å². The largest absolute Gasteiger partial charge is 0.386 e. The first-order chi connectivity index (χ1) is 13.5. The number of nitriles is 1. The van der Waals surface area contributed by atoms with E-state index in [2.05, 4.69) is 73.6 Å². The fourth-order valence-corrected chi connectivity index (χ4v) is 5.56. The van der Waals surface area contributed by atoms with Crippen LogP contribution in [-0.2, 0) is 4.79 Å². The molecule has 0 unspecified atom stereocenters. The maximum Gasteiger partial charge on any atom is 0.264 e. The molecule has 1 N–H and O–H groups in total. The molecule has 28 heavy (non-hydrogen) atoms. The van der Waals surface area contributed by atoms with Gasteiger partial charge in [-0.2, -0.15) is 5.26 Å². The first kappa shape index (κ1) is 20.9. The highest BCUT2D eigenvalue weighted by Crippen LogP contribution is 2.27. The highest BCUT2D eigenvalue weighted by atomic mass is 127. The fourth-order valence-electron chi connectivity index (χ4n) is 3.20. The van der Waals surface area contributed by atoms with Crippen LogP contribution in [0.4, 0.5) is 11.4 Å². The Kier molecular flexibility index (Phi) is 7.18. The van der Waals surface area contributed by atoms with Gasteiger partial charge in [0.25, 0.3) is 5.91 Å². The number of carbonyl (C=O) groups is 1. The van der Waals surface area contributed by atoms with Gasteiger partial charge in [0.2, 0.25) is 0 Å². The summed E-state index contributed by atoms with van der Waals surface area (Å²) < 4.78 is 2.11. The van der Waals surface area contributed by atoms with Crippen molar-refractivity contribution in [2.45, 2.75) is 0 Å². The van der Waals surface area contributed by atoms with Crippen molar-refractivity contribution >= 4 is 68.5 Å². The van der Waals surface area contributed by atoms with E-state index in [4.69, 9.17) is 0 Å². The summed E-state index contributed by atoms with van der Waals surface area (Å²) in [5, 5.41) is 12.7. The third kappa shape index (κ3) is 4.78. The molecule has 0 spiro atoms. The van der Waals surface area contributed by atoms with Gasteiger partial charge < -0.3 is 15.1 Å². The summed E-state index contributed by atoms with van der Waals surface area (Å²) in [7, 11) is 1.88. The number of hydrogen-bond acceptors (Lipinski definition) is 4. The Morgan fingerprint density at radius 3 is 2.25 bits per heavy atom. The van der Waals surface area contributed by atoms with Gasteiger partial charge in [0, 0.05) is 46.1 Å². The molecule has 1 heterocycles. The lowest BCUT2D eigenvalue weighted by atomic mass is 10.1. The number of halogens is 2. The first-order valence-corrected chi connectivity index (χ1v) is 11.1. The first-order valence-electron chi connectivity index (χ1n) is 8.91. The van der Waals surface area contributed by atoms with Crippen molar-refractivity contribution in [3.05, 3.63) is 60.7 Å². The fraction of sp³-hybridized carbons (Fsp3) is 0.238. The second-order valence-corrected chi connectivity index (χ2v) is 8.72. The molecule has 0 saturated carbocycles. The van der Waals surface area contributed by atoms with Crippen LogP contribution in [0, 0.1) is 18.5 Å². The molecule has 0 atom stereocenters. The van der Waals surface area contributed by atoms with E-state index in [1.165, 1.54) is 5.69 Å². The van der Waals surface area contributed by atoms with Gasteiger partial charge in [-0.1, -0.05) is 18.2 Å². The van der Waals surface area contributed by atoms with Crippen LogP contribution in [0.15, 0.2) is 48.0 Å². The number of nitrogens with zero attached hydrogens (tertiary/aromatic N) is 3. The summed E-state index contributed by atoms with van der Waals surface area (Å²) in [6.45, 7) is 2.75. The smallest absolute Gasteiger partial charge is 0.264 e. The van der Waals surface area contributed by atoms with Crippen LogP contribution in [0.25, 0.3) is 6.08 Å². The molecule has 1 fully saturated rings. The molecule has 2 aromatic rings. The predicted molar refractivity (Wildman–Crippen MR) is 130 cm³/mol. The Morgan fingerprint density at radius 2 is 1.71 bits per heavy atom. The Labute approximate surface area is 192 Å². The molecule has 0 aliphatic carbocycles. The van der Waals surface area contributed by atoms with E-state index < -0.39 is 0 Å². The van der Waals surface area contributed by atoms with Crippen molar-refractivity contribution in [2.75, 3.05) is 43.4 Å². The molecule has 1 saturated heterocycles. The SMILES string of the molecule is CNc1c(I)cc(/C=C(/C#N)C(=O)N2CCN(c3ccccc3)CC2)cc1I. The van der Waals surface area contributed by atoms with Crippen LogP contribution >= 0.6 is 45.2 Å². The number of rotatable bonds is 4. The number of amides is 1. The Hall–Kier alpha value is -1.80. The van der Waals surface area contributed by atoms with Gasteiger partial charge in [0.1, 0.15) is 11.6 Å².